The maximum Gasteiger partial charge on any atom is 0.251 e. The number of carbonyl (C=O) groups excluding carboxylic acids is 1. The largest absolute Gasteiger partial charge is 0.351 e. The number of carbonyl (C=O) groups is 1. The van der Waals surface area contributed by atoms with Gasteiger partial charge in [-0.2, -0.15) is 5.21 Å². The fraction of sp³-hybridized carbons (Fsp3) is 0.370. The van der Waals surface area contributed by atoms with Crippen LogP contribution < -0.4 is 5.32 Å². The van der Waals surface area contributed by atoms with Crippen molar-refractivity contribution in [2.75, 3.05) is 27.2 Å². The number of amides is 1. The minimum atomic E-state index is -0.571. The van der Waals surface area contributed by atoms with Gasteiger partial charge in [-0.15, -0.1) is 10.2 Å². The first-order valence-corrected chi connectivity index (χ1v) is 13.6. The first kappa shape index (κ1) is 27.2. The molecular formula is C27H29Cl2FN8O. The van der Waals surface area contributed by atoms with Gasteiger partial charge in [0.25, 0.3) is 5.91 Å². The molecule has 0 radical (unpaired) electrons. The lowest BCUT2D eigenvalue weighted by molar-refractivity contribution is 0.0951. The summed E-state index contributed by atoms with van der Waals surface area (Å²) in [6.07, 6.45) is 5.08. The van der Waals surface area contributed by atoms with Crippen LogP contribution in [0.3, 0.4) is 0 Å². The second kappa shape index (κ2) is 11.8. The number of H-pyrrole nitrogens is 1. The number of nitrogens with zero attached hydrogens (tertiary/aromatic N) is 6. The van der Waals surface area contributed by atoms with Gasteiger partial charge in [0.2, 0.25) is 5.82 Å². The van der Waals surface area contributed by atoms with Crippen LogP contribution in [0.25, 0.3) is 28.5 Å². The molecule has 204 valence electrons. The fourth-order valence-electron chi connectivity index (χ4n) is 5.02. The van der Waals surface area contributed by atoms with Crippen LogP contribution in [-0.4, -0.2) is 68.2 Å². The minimum Gasteiger partial charge on any atom is -0.351 e. The number of likely N-dealkylation sites (N-methyl/N-ethyl adjacent to an activating group) is 1. The smallest absolute Gasteiger partial charge is 0.251 e. The van der Waals surface area contributed by atoms with Crippen molar-refractivity contribution < 1.29 is 9.18 Å². The highest BCUT2D eigenvalue weighted by molar-refractivity contribution is 6.31. The van der Waals surface area contributed by atoms with Crippen molar-refractivity contribution in [1.29, 1.82) is 0 Å². The predicted octanol–water partition coefficient (Wildman–Crippen LogP) is 5.50. The van der Waals surface area contributed by atoms with E-state index >= 15 is 4.39 Å². The van der Waals surface area contributed by atoms with Crippen LogP contribution in [0, 0.1) is 5.82 Å². The molecule has 1 aliphatic rings. The molecule has 5 rings (SSSR count). The first-order valence-electron chi connectivity index (χ1n) is 12.9. The van der Waals surface area contributed by atoms with E-state index in [1.807, 2.05) is 19.0 Å². The minimum absolute atomic E-state index is 0.00471. The number of benzene rings is 2. The van der Waals surface area contributed by atoms with E-state index in [9.17, 15) is 4.79 Å². The lowest BCUT2D eigenvalue weighted by Crippen LogP contribution is -2.31. The van der Waals surface area contributed by atoms with Crippen molar-refractivity contribution in [1.82, 2.24) is 40.4 Å². The van der Waals surface area contributed by atoms with Gasteiger partial charge in [0, 0.05) is 35.2 Å². The standard InChI is InChI=1S/C27H29Cl2FN8O/c1-37(2)12-11-31-27(39)18-13-17(14-19(28)15-18)24-23(25-33-35-36-34-25)32-26(16-7-4-3-5-8-16)38(24)21-10-6-9-20(29)22(21)30/h6,9-10,13-16H,3-5,7-8,11-12H2,1-2H3,(H,31,39)(H,33,34,35,36). The molecule has 39 heavy (non-hydrogen) atoms. The number of aromatic amines is 1. The van der Waals surface area contributed by atoms with Crippen molar-refractivity contribution in [2.45, 2.75) is 38.0 Å². The number of rotatable bonds is 8. The van der Waals surface area contributed by atoms with E-state index in [0.717, 1.165) is 32.1 Å². The van der Waals surface area contributed by atoms with Crippen molar-refractivity contribution in [2.24, 2.45) is 0 Å². The summed E-state index contributed by atoms with van der Waals surface area (Å²) in [4.78, 5) is 20.0. The van der Waals surface area contributed by atoms with E-state index < -0.39 is 5.82 Å². The molecular weight excluding hydrogens is 542 g/mol. The fourth-order valence-corrected chi connectivity index (χ4v) is 5.42. The van der Waals surface area contributed by atoms with Gasteiger partial charge in [0.1, 0.15) is 11.5 Å². The Hall–Kier alpha value is -3.34. The molecule has 0 unspecified atom stereocenters. The van der Waals surface area contributed by atoms with Crippen molar-refractivity contribution in [3.8, 4) is 28.5 Å². The molecule has 12 heteroatoms. The number of hydrogen-bond donors (Lipinski definition) is 2. The second-order valence-electron chi connectivity index (χ2n) is 9.93. The predicted molar refractivity (Wildman–Crippen MR) is 149 cm³/mol. The monoisotopic (exact) mass is 570 g/mol. The number of aromatic nitrogens is 6. The van der Waals surface area contributed by atoms with Crippen molar-refractivity contribution >= 4 is 29.1 Å². The highest BCUT2D eigenvalue weighted by Gasteiger charge is 2.30. The van der Waals surface area contributed by atoms with Crippen LogP contribution in [0.5, 0.6) is 0 Å². The van der Waals surface area contributed by atoms with Gasteiger partial charge in [-0.3, -0.25) is 9.36 Å². The number of halogens is 3. The zero-order valence-electron chi connectivity index (χ0n) is 21.7. The second-order valence-corrected chi connectivity index (χ2v) is 10.8. The molecule has 0 aliphatic heterocycles. The molecule has 9 nitrogen and oxygen atoms in total. The zero-order chi connectivity index (χ0) is 27.5. The van der Waals surface area contributed by atoms with E-state index in [1.165, 1.54) is 6.07 Å². The lowest BCUT2D eigenvalue weighted by atomic mass is 9.88. The molecule has 1 aliphatic carbocycles. The van der Waals surface area contributed by atoms with E-state index in [1.54, 1.807) is 34.9 Å². The molecule has 2 N–H and O–H groups in total. The van der Waals surface area contributed by atoms with Crippen LogP contribution in [0.4, 0.5) is 4.39 Å². The Labute approximate surface area is 235 Å². The molecule has 2 aromatic heterocycles. The summed E-state index contributed by atoms with van der Waals surface area (Å²) < 4.78 is 17.4. The quantitative estimate of drug-likeness (QED) is 0.289. The average Bonchev–Trinajstić information content (AvgIpc) is 3.58. The van der Waals surface area contributed by atoms with Crippen LogP contribution >= 0.6 is 23.2 Å². The third kappa shape index (κ3) is 5.83. The number of nitrogens with one attached hydrogen (secondary N) is 2. The SMILES string of the molecule is CN(C)CCNC(=O)c1cc(Cl)cc(-c2c(-c3nn[nH]n3)nc(C3CCCCC3)n2-c2cccc(Cl)c2F)c1. The highest BCUT2D eigenvalue weighted by Crippen LogP contribution is 2.42. The van der Waals surface area contributed by atoms with E-state index in [-0.39, 0.29) is 28.4 Å². The molecule has 2 aromatic carbocycles. The summed E-state index contributed by atoms with van der Waals surface area (Å²) in [5.41, 5.74) is 2.09. The van der Waals surface area contributed by atoms with Gasteiger partial charge in [-0.25, -0.2) is 9.37 Å². The van der Waals surface area contributed by atoms with Crippen molar-refractivity contribution in [3.05, 3.63) is 63.6 Å². The van der Waals surface area contributed by atoms with Gasteiger partial charge < -0.3 is 10.2 Å². The topological polar surface area (TPSA) is 105 Å². The Kier molecular flexibility index (Phi) is 8.25. The molecule has 1 fully saturated rings. The van der Waals surface area contributed by atoms with Crippen LogP contribution in [0.1, 0.15) is 54.2 Å². The zero-order valence-corrected chi connectivity index (χ0v) is 23.2. The summed E-state index contributed by atoms with van der Waals surface area (Å²) in [6, 6.07) is 9.92. The molecule has 0 bridgehead atoms. The molecule has 1 saturated carbocycles. The average molecular weight is 571 g/mol. The highest BCUT2D eigenvalue weighted by atomic mass is 35.5. The summed E-state index contributed by atoms with van der Waals surface area (Å²) in [5.74, 6) is 0.180. The van der Waals surface area contributed by atoms with Gasteiger partial charge in [-0.05, 0) is 62.5 Å². The Bertz CT molecular complexity index is 1460. The Morgan fingerprint density at radius 1 is 1.18 bits per heavy atom. The molecule has 0 saturated heterocycles. The molecule has 4 aromatic rings. The number of tetrazole rings is 1. The third-order valence-electron chi connectivity index (χ3n) is 6.88. The van der Waals surface area contributed by atoms with Crippen molar-refractivity contribution in [3.63, 3.8) is 0 Å². The van der Waals surface area contributed by atoms with Crippen LogP contribution in [-0.2, 0) is 0 Å². The molecule has 0 spiro atoms. The number of hydrogen-bond acceptors (Lipinski definition) is 6. The van der Waals surface area contributed by atoms with Gasteiger partial charge in [0.15, 0.2) is 5.82 Å². The normalized spacial score (nSPS) is 14.2. The summed E-state index contributed by atoms with van der Waals surface area (Å²) in [5, 5.41) is 17.8. The summed E-state index contributed by atoms with van der Waals surface area (Å²) >= 11 is 12.8. The van der Waals surface area contributed by atoms with Gasteiger partial charge in [0.05, 0.1) is 16.4 Å². The molecule has 2 heterocycles. The maximum absolute atomic E-state index is 15.6. The van der Waals surface area contributed by atoms with E-state index in [4.69, 9.17) is 28.2 Å². The van der Waals surface area contributed by atoms with Gasteiger partial charge in [-0.1, -0.05) is 48.5 Å². The summed E-state index contributed by atoms with van der Waals surface area (Å²) in [6.45, 7) is 1.16. The lowest BCUT2D eigenvalue weighted by Gasteiger charge is -2.23. The van der Waals surface area contributed by atoms with Crippen LogP contribution in [0.15, 0.2) is 36.4 Å². The van der Waals surface area contributed by atoms with E-state index in [2.05, 4.69) is 25.9 Å². The summed E-state index contributed by atoms with van der Waals surface area (Å²) in [7, 11) is 3.87. The number of imidazole rings is 1. The maximum atomic E-state index is 15.6. The Morgan fingerprint density at radius 2 is 1.97 bits per heavy atom. The molecule has 0 atom stereocenters. The first-order chi connectivity index (χ1) is 18.8. The van der Waals surface area contributed by atoms with Gasteiger partial charge >= 0.3 is 0 Å². The Balaban J connectivity index is 1.73. The molecule has 1 amide bonds. The Morgan fingerprint density at radius 3 is 2.69 bits per heavy atom. The van der Waals surface area contributed by atoms with Crippen LogP contribution in [0.2, 0.25) is 10.0 Å². The van der Waals surface area contributed by atoms with E-state index in [0.29, 0.717) is 46.5 Å². The third-order valence-corrected chi connectivity index (χ3v) is 7.39.